The molecule has 26 heavy (non-hydrogen) atoms. The second kappa shape index (κ2) is 5.59. The van der Waals surface area contributed by atoms with E-state index in [0.29, 0.717) is 36.2 Å². The second-order valence-corrected chi connectivity index (χ2v) is 10.5. The summed E-state index contributed by atoms with van der Waals surface area (Å²) in [6, 6.07) is 0. The molecule has 0 unspecified atom stereocenters. The molecule has 1 heterocycles. The van der Waals surface area contributed by atoms with Gasteiger partial charge in [0.15, 0.2) is 0 Å². The lowest BCUT2D eigenvalue weighted by atomic mass is 9.44. The van der Waals surface area contributed by atoms with Crippen molar-refractivity contribution in [3.05, 3.63) is 12.2 Å². The average Bonchev–Trinajstić information content (AvgIpc) is 3.18. The number of fused-ring (bicyclic) bond motifs is 5. The van der Waals surface area contributed by atoms with Crippen molar-refractivity contribution >= 4 is 5.97 Å². The van der Waals surface area contributed by atoms with Crippen LogP contribution in [0, 0.1) is 40.4 Å². The van der Waals surface area contributed by atoms with Crippen molar-refractivity contribution in [2.75, 3.05) is 6.61 Å². The first-order valence-electron chi connectivity index (χ1n) is 10.9. The maximum absolute atomic E-state index is 11.7. The Balaban J connectivity index is 1.44. The molecule has 0 amide bonds. The van der Waals surface area contributed by atoms with Gasteiger partial charge in [-0.1, -0.05) is 26.0 Å². The van der Waals surface area contributed by atoms with Crippen molar-refractivity contribution in [3.63, 3.8) is 0 Å². The van der Waals surface area contributed by atoms with Gasteiger partial charge in [0.2, 0.25) is 0 Å². The highest BCUT2D eigenvalue weighted by Gasteiger charge is 2.63. The van der Waals surface area contributed by atoms with E-state index in [-0.39, 0.29) is 11.4 Å². The smallest absolute Gasteiger partial charge is 0.306 e. The van der Waals surface area contributed by atoms with E-state index in [1.807, 2.05) is 0 Å². The Morgan fingerprint density at radius 3 is 2.62 bits per heavy atom. The molecule has 0 radical (unpaired) electrons. The molecule has 5 rings (SSSR count). The summed E-state index contributed by atoms with van der Waals surface area (Å²) in [7, 11) is 0. The summed E-state index contributed by atoms with van der Waals surface area (Å²) in [4.78, 5) is 11.7. The maximum atomic E-state index is 11.7. The molecule has 144 valence electrons. The van der Waals surface area contributed by atoms with Crippen LogP contribution in [0.1, 0.15) is 71.6 Å². The van der Waals surface area contributed by atoms with Crippen LogP contribution in [-0.2, 0) is 9.53 Å². The second-order valence-electron chi connectivity index (χ2n) is 10.5. The zero-order valence-electron chi connectivity index (χ0n) is 16.4. The van der Waals surface area contributed by atoms with Gasteiger partial charge in [-0.05, 0) is 80.5 Å². The number of aliphatic hydroxyl groups is 1. The predicted octanol–water partition coefficient (Wildman–Crippen LogP) is 4.49. The van der Waals surface area contributed by atoms with E-state index in [4.69, 9.17) is 4.74 Å². The minimum absolute atomic E-state index is 0.0123. The first-order valence-corrected chi connectivity index (χ1v) is 10.9. The first kappa shape index (κ1) is 17.3. The highest BCUT2D eigenvalue weighted by Crippen LogP contribution is 2.68. The molecule has 1 N–H and O–H groups in total. The number of esters is 1. The molecule has 1 aliphatic heterocycles. The molecule has 0 aromatic rings. The third-order valence-corrected chi connectivity index (χ3v) is 9.82. The molecule has 4 aliphatic carbocycles. The van der Waals surface area contributed by atoms with Crippen molar-refractivity contribution < 1.29 is 14.6 Å². The number of cyclic esters (lactones) is 1. The van der Waals surface area contributed by atoms with Crippen LogP contribution >= 0.6 is 0 Å². The number of carbonyl (C=O) groups is 1. The Labute approximate surface area is 157 Å². The molecular weight excluding hydrogens is 324 g/mol. The minimum atomic E-state index is -0.486. The zero-order valence-corrected chi connectivity index (χ0v) is 16.4. The van der Waals surface area contributed by atoms with Crippen LogP contribution in [0.4, 0.5) is 0 Å². The summed E-state index contributed by atoms with van der Waals surface area (Å²) in [6.07, 6.45) is 14.5. The Bertz CT molecular complexity index is 641. The standard InChI is InChI=1S/C23H34O3/c1-21-11-8-19-16(7-12-23(25)10-4-3-9-22(19,23)2)18(21)6-5-17(21)15-13-20(24)26-14-15/h3,9,15-19,25H,4-8,10-14H2,1-2H3/t15-,16-,17+,18+,19-,21+,22+,23+/m0/s1. The fraction of sp³-hybridized carbons (Fsp3) is 0.870. The van der Waals surface area contributed by atoms with Crippen molar-refractivity contribution in [1.29, 1.82) is 0 Å². The first-order chi connectivity index (χ1) is 12.4. The molecule has 0 bridgehead atoms. The van der Waals surface area contributed by atoms with E-state index in [1.165, 1.54) is 32.1 Å². The maximum Gasteiger partial charge on any atom is 0.306 e. The van der Waals surface area contributed by atoms with E-state index in [1.54, 1.807) is 0 Å². The summed E-state index contributed by atoms with van der Waals surface area (Å²) in [5, 5.41) is 11.4. The van der Waals surface area contributed by atoms with Crippen LogP contribution < -0.4 is 0 Å². The van der Waals surface area contributed by atoms with Gasteiger partial charge < -0.3 is 9.84 Å². The summed E-state index contributed by atoms with van der Waals surface area (Å²) >= 11 is 0. The number of hydrogen-bond donors (Lipinski definition) is 1. The predicted molar refractivity (Wildman–Crippen MR) is 100 cm³/mol. The normalized spacial score (nSPS) is 55.8. The van der Waals surface area contributed by atoms with Crippen LogP contribution in [0.5, 0.6) is 0 Å². The number of carbonyl (C=O) groups excluding carboxylic acids is 1. The van der Waals surface area contributed by atoms with Crippen molar-refractivity contribution in [2.45, 2.75) is 77.2 Å². The number of hydrogen-bond acceptors (Lipinski definition) is 3. The quantitative estimate of drug-likeness (QED) is 0.555. The molecule has 3 saturated carbocycles. The third-order valence-electron chi connectivity index (χ3n) is 9.82. The Hall–Kier alpha value is -0.830. The summed E-state index contributed by atoms with van der Waals surface area (Å²) in [5.74, 6) is 3.23. The van der Waals surface area contributed by atoms with Gasteiger partial charge in [0, 0.05) is 11.3 Å². The number of allylic oxidation sites excluding steroid dienone is 1. The van der Waals surface area contributed by atoms with Gasteiger partial charge in [0.25, 0.3) is 0 Å². The molecule has 0 aromatic carbocycles. The van der Waals surface area contributed by atoms with E-state index >= 15 is 0 Å². The minimum Gasteiger partial charge on any atom is -0.465 e. The third kappa shape index (κ3) is 2.13. The van der Waals surface area contributed by atoms with E-state index in [0.717, 1.165) is 31.1 Å². The molecule has 5 aliphatic rings. The van der Waals surface area contributed by atoms with E-state index < -0.39 is 5.60 Å². The van der Waals surface area contributed by atoms with E-state index in [2.05, 4.69) is 26.0 Å². The van der Waals surface area contributed by atoms with Crippen LogP contribution in [0.25, 0.3) is 0 Å². The van der Waals surface area contributed by atoms with Gasteiger partial charge in [-0.25, -0.2) is 0 Å². The summed E-state index contributed by atoms with van der Waals surface area (Å²) in [5.41, 5.74) is -0.162. The Kier molecular flexibility index (Phi) is 3.72. The van der Waals surface area contributed by atoms with Gasteiger partial charge in [-0.15, -0.1) is 0 Å². The zero-order chi connectivity index (χ0) is 18.2. The molecule has 3 heteroatoms. The van der Waals surface area contributed by atoms with Crippen molar-refractivity contribution in [2.24, 2.45) is 40.4 Å². The molecule has 1 saturated heterocycles. The number of rotatable bonds is 1. The van der Waals surface area contributed by atoms with Gasteiger partial charge in [0.05, 0.1) is 18.6 Å². The lowest BCUT2D eigenvalue weighted by molar-refractivity contribution is -0.172. The fourth-order valence-corrected chi connectivity index (χ4v) is 8.38. The highest BCUT2D eigenvalue weighted by molar-refractivity contribution is 5.71. The van der Waals surface area contributed by atoms with Crippen molar-refractivity contribution in [3.8, 4) is 0 Å². The fourth-order valence-electron chi connectivity index (χ4n) is 8.38. The van der Waals surface area contributed by atoms with Crippen molar-refractivity contribution in [1.82, 2.24) is 0 Å². The molecular formula is C23H34O3. The molecule has 8 atom stereocenters. The SMILES string of the molecule is C[C@]12CC[C@H]3[C@@H](CC[C@]4(O)CCC=C[C@]34C)[C@H]1CC[C@@H]2[C@@H]1COC(=O)C1. The highest BCUT2D eigenvalue weighted by atomic mass is 16.5. The molecule has 0 aromatic heterocycles. The van der Waals surface area contributed by atoms with Crippen LogP contribution in [0.3, 0.4) is 0 Å². The van der Waals surface area contributed by atoms with Gasteiger partial charge in [-0.3, -0.25) is 4.79 Å². The van der Waals surface area contributed by atoms with Crippen LogP contribution in [0.15, 0.2) is 12.2 Å². The lowest BCUT2D eigenvalue weighted by Gasteiger charge is -2.62. The Morgan fingerprint density at radius 2 is 1.85 bits per heavy atom. The monoisotopic (exact) mass is 358 g/mol. The topological polar surface area (TPSA) is 46.5 Å². The summed E-state index contributed by atoms with van der Waals surface area (Å²) < 4.78 is 5.33. The lowest BCUT2D eigenvalue weighted by Crippen LogP contribution is -2.60. The van der Waals surface area contributed by atoms with E-state index in [9.17, 15) is 9.90 Å². The molecule has 4 fully saturated rings. The van der Waals surface area contributed by atoms with Gasteiger partial charge >= 0.3 is 5.97 Å². The van der Waals surface area contributed by atoms with Crippen LogP contribution in [-0.4, -0.2) is 23.3 Å². The number of ether oxygens (including phenoxy) is 1. The molecule has 3 nitrogen and oxygen atoms in total. The Morgan fingerprint density at radius 1 is 1.04 bits per heavy atom. The van der Waals surface area contributed by atoms with Gasteiger partial charge in [-0.2, -0.15) is 0 Å². The van der Waals surface area contributed by atoms with Crippen LogP contribution in [0.2, 0.25) is 0 Å². The average molecular weight is 359 g/mol. The summed E-state index contributed by atoms with van der Waals surface area (Å²) in [6.45, 7) is 5.52. The molecule has 0 spiro atoms. The largest absolute Gasteiger partial charge is 0.465 e. The van der Waals surface area contributed by atoms with Gasteiger partial charge in [0.1, 0.15) is 0 Å².